The lowest BCUT2D eigenvalue weighted by molar-refractivity contribution is 0.267. The fourth-order valence-electron chi connectivity index (χ4n) is 3.28. The number of nitrogens with one attached hydrogen (secondary N) is 3. The van der Waals surface area contributed by atoms with Crippen molar-refractivity contribution in [2.45, 2.75) is 25.8 Å². The lowest BCUT2D eigenvalue weighted by Gasteiger charge is -2.24. The summed E-state index contributed by atoms with van der Waals surface area (Å²) in [4.78, 5) is 11.4. The predicted molar refractivity (Wildman–Crippen MR) is 108 cm³/mol. The molecule has 0 amide bonds. The second-order valence-corrected chi connectivity index (χ2v) is 7.25. The molecule has 2 heterocycles. The smallest absolute Gasteiger partial charge is 0.191 e. The van der Waals surface area contributed by atoms with E-state index >= 15 is 0 Å². The molecular formula is C18H28N6S. The average molecular weight is 361 g/mol. The van der Waals surface area contributed by atoms with Crippen molar-refractivity contribution >= 4 is 32.6 Å². The van der Waals surface area contributed by atoms with Gasteiger partial charge in [-0.05, 0) is 38.1 Å². The number of hydrogen-bond donors (Lipinski definition) is 3. The van der Waals surface area contributed by atoms with E-state index < -0.39 is 0 Å². The molecule has 25 heavy (non-hydrogen) atoms. The van der Waals surface area contributed by atoms with Crippen LogP contribution in [-0.4, -0.2) is 61.7 Å². The number of fused-ring (bicyclic) bond motifs is 1. The number of para-hydroxylation sites is 1. The summed E-state index contributed by atoms with van der Waals surface area (Å²) in [6, 6.07) is 8.84. The van der Waals surface area contributed by atoms with Crippen LogP contribution in [0.25, 0.3) is 10.2 Å². The summed E-state index contributed by atoms with van der Waals surface area (Å²) in [6.45, 7) is 7.16. The van der Waals surface area contributed by atoms with E-state index in [1.807, 2.05) is 25.2 Å². The van der Waals surface area contributed by atoms with Gasteiger partial charge in [-0.25, -0.2) is 4.98 Å². The Labute approximate surface area is 153 Å². The van der Waals surface area contributed by atoms with Gasteiger partial charge in [0.05, 0.1) is 10.2 Å². The van der Waals surface area contributed by atoms with Gasteiger partial charge in [-0.3, -0.25) is 9.89 Å². The molecular weight excluding hydrogens is 332 g/mol. The van der Waals surface area contributed by atoms with Crippen molar-refractivity contribution in [3.8, 4) is 0 Å². The lowest BCUT2D eigenvalue weighted by Crippen LogP contribution is -2.45. The minimum atomic E-state index is 0.629. The molecule has 3 N–H and O–H groups in total. The highest BCUT2D eigenvalue weighted by Crippen LogP contribution is 2.24. The van der Waals surface area contributed by atoms with Gasteiger partial charge in [0.1, 0.15) is 0 Å². The molecule has 1 atom stereocenters. The molecule has 3 rings (SSSR count). The first-order valence-corrected chi connectivity index (χ1v) is 9.90. The first-order chi connectivity index (χ1) is 12.3. The number of rotatable bonds is 7. The Hall–Kier alpha value is -1.86. The molecule has 0 bridgehead atoms. The van der Waals surface area contributed by atoms with Gasteiger partial charge in [0.25, 0.3) is 0 Å². The topological polar surface area (TPSA) is 64.6 Å². The molecule has 0 saturated carbocycles. The Morgan fingerprint density at radius 1 is 1.32 bits per heavy atom. The quantitative estimate of drug-likeness (QED) is 0.402. The number of aromatic nitrogens is 1. The third-order valence-corrected chi connectivity index (χ3v) is 5.62. The highest BCUT2D eigenvalue weighted by molar-refractivity contribution is 7.22. The third-order valence-electron chi connectivity index (χ3n) is 4.62. The van der Waals surface area contributed by atoms with E-state index in [2.05, 4.69) is 43.8 Å². The third kappa shape index (κ3) is 4.83. The zero-order valence-corrected chi connectivity index (χ0v) is 15.9. The normalized spacial score (nSPS) is 18.6. The number of thiazole rings is 1. The van der Waals surface area contributed by atoms with Crippen molar-refractivity contribution in [2.24, 2.45) is 4.99 Å². The van der Waals surface area contributed by atoms with Gasteiger partial charge in [0.15, 0.2) is 11.1 Å². The molecule has 1 fully saturated rings. The molecule has 1 aliphatic heterocycles. The molecule has 1 aromatic heterocycles. The van der Waals surface area contributed by atoms with Gasteiger partial charge < -0.3 is 16.0 Å². The van der Waals surface area contributed by atoms with Crippen LogP contribution in [0.2, 0.25) is 0 Å². The van der Waals surface area contributed by atoms with Gasteiger partial charge in [0, 0.05) is 32.7 Å². The Bertz CT molecular complexity index is 665. The minimum absolute atomic E-state index is 0.629. The largest absolute Gasteiger partial charge is 0.360 e. The van der Waals surface area contributed by atoms with Crippen LogP contribution < -0.4 is 16.0 Å². The van der Waals surface area contributed by atoms with E-state index in [4.69, 9.17) is 0 Å². The number of likely N-dealkylation sites (N-methyl/N-ethyl adjacent to an activating group) is 1. The van der Waals surface area contributed by atoms with E-state index in [1.165, 1.54) is 24.1 Å². The molecule has 7 heteroatoms. The Balaban J connectivity index is 1.38. The van der Waals surface area contributed by atoms with Crippen molar-refractivity contribution in [1.29, 1.82) is 0 Å². The van der Waals surface area contributed by atoms with Gasteiger partial charge >= 0.3 is 0 Å². The first-order valence-electron chi connectivity index (χ1n) is 9.08. The molecule has 136 valence electrons. The van der Waals surface area contributed by atoms with Crippen LogP contribution in [0, 0.1) is 0 Å². The predicted octanol–water partition coefficient (Wildman–Crippen LogP) is 2.36. The summed E-state index contributed by atoms with van der Waals surface area (Å²) in [5.41, 5.74) is 1.05. The highest BCUT2D eigenvalue weighted by atomic mass is 32.1. The molecule has 1 saturated heterocycles. The molecule has 0 aliphatic carbocycles. The maximum absolute atomic E-state index is 4.58. The number of aliphatic imine (C=N–C) groups is 1. The Kier molecular flexibility index (Phi) is 6.47. The molecule has 1 aliphatic rings. The molecule has 6 nitrogen and oxygen atoms in total. The number of anilines is 1. The van der Waals surface area contributed by atoms with Crippen LogP contribution in [0.4, 0.5) is 5.13 Å². The number of benzene rings is 1. The van der Waals surface area contributed by atoms with E-state index in [0.717, 1.165) is 42.8 Å². The van der Waals surface area contributed by atoms with Crippen molar-refractivity contribution in [3.05, 3.63) is 24.3 Å². The van der Waals surface area contributed by atoms with Gasteiger partial charge in [-0.1, -0.05) is 30.4 Å². The van der Waals surface area contributed by atoms with Crippen LogP contribution in [0.5, 0.6) is 0 Å². The van der Waals surface area contributed by atoms with Gasteiger partial charge in [-0.15, -0.1) is 0 Å². The molecule has 1 unspecified atom stereocenters. The molecule has 0 radical (unpaired) electrons. The monoisotopic (exact) mass is 360 g/mol. The lowest BCUT2D eigenvalue weighted by atomic mass is 10.2. The van der Waals surface area contributed by atoms with Crippen LogP contribution in [0.1, 0.15) is 19.8 Å². The fourth-order valence-corrected chi connectivity index (χ4v) is 4.17. The summed E-state index contributed by atoms with van der Waals surface area (Å²) in [7, 11) is 1.82. The second kappa shape index (κ2) is 9.01. The van der Waals surface area contributed by atoms with Crippen LogP contribution in [0.15, 0.2) is 29.3 Å². The number of hydrogen-bond acceptors (Lipinski definition) is 5. The molecule has 0 spiro atoms. The van der Waals surface area contributed by atoms with Crippen molar-refractivity contribution in [1.82, 2.24) is 20.5 Å². The van der Waals surface area contributed by atoms with Crippen molar-refractivity contribution in [2.75, 3.05) is 45.1 Å². The summed E-state index contributed by atoms with van der Waals surface area (Å²) in [5.74, 6) is 0.869. The number of guanidine groups is 1. The van der Waals surface area contributed by atoms with Crippen LogP contribution in [-0.2, 0) is 0 Å². The number of nitrogens with zero attached hydrogens (tertiary/aromatic N) is 3. The SMILES string of the molecule is CCN1CCCC1CNC(=NC)NCCNc1nc2ccccc2s1. The molecule has 2 aromatic rings. The van der Waals surface area contributed by atoms with Crippen LogP contribution in [0.3, 0.4) is 0 Å². The van der Waals surface area contributed by atoms with Crippen LogP contribution >= 0.6 is 11.3 Å². The zero-order chi connectivity index (χ0) is 17.5. The van der Waals surface area contributed by atoms with Crippen molar-refractivity contribution in [3.63, 3.8) is 0 Å². The van der Waals surface area contributed by atoms with E-state index in [-0.39, 0.29) is 0 Å². The summed E-state index contributed by atoms with van der Waals surface area (Å²) in [6.07, 6.45) is 2.58. The van der Waals surface area contributed by atoms with E-state index in [1.54, 1.807) is 11.3 Å². The Morgan fingerprint density at radius 3 is 3.00 bits per heavy atom. The summed E-state index contributed by atoms with van der Waals surface area (Å²) >= 11 is 1.69. The average Bonchev–Trinajstić information content (AvgIpc) is 3.26. The maximum atomic E-state index is 4.58. The summed E-state index contributed by atoms with van der Waals surface area (Å²) in [5, 5.41) is 11.2. The second-order valence-electron chi connectivity index (χ2n) is 6.22. The van der Waals surface area contributed by atoms with Gasteiger partial charge in [0.2, 0.25) is 0 Å². The highest BCUT2D eigenvalue weighted by Gasteiger charge is 2.22. The van der Waals surface area contributed by atoms with E-state index in [0.29, 0.717) is 6.04 Å². The maximum Gasteiger partial charge on any atom is 0.191 e. The zero-order valence-electron chi connectivity index (χ0n) is 15.1. The van der Waals surface area contributed by atoms with E-state index in [9.17, 15) is 0 Å². The van der Waals surface area contributed by atoms with Gasteiger partial charge in [-0.2, -0.15) is 0 Å². The Morgan fingerprint density at radius 2 is 2.20 bits per heavy atom. The fraction of sp³-hybridized carbons (Fsp3) is 0.556. The number of likely N-dealkylation sites (tertiary alicyclic amines) is 1. The molecule has 1 aromatic carbocycles. The standard InChI is InChI=1S/C18H28N6S/c1-3-24-12-6-7-14(24)13-22-17(19-2)20-10-11-21-18-23-15-8-4-5-9-16(15)25-18/h4-5,8-9,14H,3,6-7,10-13H2,1-2H3,(H,21,23)(H2,19,20,22). The first kappa shape index (κ1) is 17.9. The summed E-state index contributed by atoms with van der Waals surface area (Å²) < 4.78 is 1.22. The van der Waals surface area contributed by atoms with Crippen molar-refractivity contribution < 1.29 is 0 Å². The minimum Gasteiger partial charge on any atom is -0.360 e.